The SMILES string of the molecule is CC(=O)c1c(C)[nH]c(C(=O)OCc2ccno2)c1C. The molecule has 0 amide bonds. The Kier molecular flexibility index (Phi) is 3.50. The molecule has 0 saturated carbocycles. The van der Waals surface area contributed by atoms with E-state index in [1.165, 1.54) is 13.1 Å². The van der Waals surface area contributed by atoms with Gasteiger partial charge in [0, 0.05) is 17.3 Å². The van der Waals surface area contributed by atoms with Gasteiger partial charge in [-0.25, -0.2) is 4.79 Å². The Morgan fingerprint density at radius 1 is 1.42 bits per heavy atom. The molecule has 2 heterocycles. The van der Waals surface area contributed by atoms with Gasteiger partial charge < -0.3 is 14.2 Å². The molecular formula is C13H14N2O4. The largest absolute Gasteiger partial charge is 0.453 e. The Labute approximate surface area is 109 Å². The van der Waals surface area contributed by atoms with E-state index in [9.17, 15) is 9.59 Å². The van der Waals surface area contributed by atoms with E-state index >= 15 is 0 Å². The normalized spacial score (nSPS) is 10.5. The fourth-order valence-corrected chi connectivity index (χ4v) is 2.01. The van der Waals surface area contributed by atoms with Crippen molar-refractivity contribution in [2.45, 2.75) is 27.4 Å². The minimum absolute atomic E-state index is 0.00570. The standard InChI is InChI=1S/C13H14N2O4/c1-7-11(9(3)16)8(2)15-12(7)13(17)18-6-10-4-5-14-19-10/h4-5,15H,6H2,1-3H3. The fraction of sp³-hybridized carbons (Fsp3) is 0.308. The summed E-state index contributed by atoms with van der Waals surface area (Å²) in [5.74, 6) is -0.147. The van der Waals surface area contributed by atoms with Crippen LogP contribution in [0.4, 0.5) is 0 Å². The van der Waals surface area contributed by atoms with E-state index in [1.807, 2.05) is 0 Å². The Morgan fingerprint density at radius 2 is 2.16 bits per heavy atom. The number of nitrogens with zero attached hydrogens (tertiary/aromatic N) is 1. The molecule has 0 aromatic carbocycles. The van der Waals surface area contributed by atoms with Crippen LogP contribution in [-0.2, 0) is 11.3 Å². The number of hydrogen-bond acceptors (Lipinski definition) is 5. The number of aromatic nitrogens is 2. The van der Waals surface area contributed by atoms with Gasteiger partial charge in [0.15, 0.2) is 18.2 Å². The zero-order valence-corrected chi connectivity index (χ0v) is 10.9. The number of hydrogen-bond donors (Lipinski definition) is 1. The molecule has 2 aromatic heterocycles. The van der Waals surface area contributed by atoms with Gasteiger partial charge >= 0.3 is 5.97 Å². The first-order valence-electron chi connectivity index (χ1n) is 5.77. The highest BCUT2D eigenvalue weighted by atomic mass is 16.5. The van der Waals surface area contributed by atoms with Crippen LogP contribution in [0.5, 0.6) is 0 Å². The zero-order chi connectivity index (χ0) is 14.0. The topological polar surface area (TPSA) is 85.2 Å². The Morgan fingerprint density at radius 3 is 2.68 bits per heavy atom. The number of ether oxygens (including phenoxy) is 1. The lowest BCUT2D eigenvalue weighted by Crippen LogP contribution is -2.07. The van der Waals surface area contributed by atoms with Crippen molar-refractivity contribution in [3.05, 3.63) is 40.5 Å². The molecule has 2 aromatic rings. The molecule has 6 heteroatoms. The molecular weight excluding hydrogens is 248 g/mol. The molecule has 1 N–H and O–H groups in total. The van der Waals surface area contributed by atoms with Crippen LogP contribution in [0.3, 0.4) is 0 Å². The molecule has 0 bridgehead atoms. The van der Waals surface area contributed by atoms with E-state index in [0.29, 0.717) is 28.3 Å². The molecule has 0 atom stereocenters. The number of nitrogens with one attached hydrogen (secondary N) is 1. The van der Waals surface area contributed by atoms with Gasteiger partial charge in [0.05, 0.1) is 6.20 Å². The third-order valence-electron chi connectivity index (χ3n) is 2.83. The number of ketones is 1. The second kappa shape index (κ2) is 5.09. The van der Waals surface area contributed by atoms with Gasteiger partial charge in [-0.3, -0.25) is 4.79 Å². The van der Waals surface area contributed by atoms with Crippen molar-refractivity contribution in [2.75, 3.05) is 0 Å². The summed E-state index contributed by atoms with van der Waals surface area (Å²) in [6.45, 7) is 4.93. The lowest BCUT2D eigenvalue weighted by Gasteiger charge is -2.01. The monoisotopic (exact) mass is 262 g/mol. The van der Waals surface area contributed by atoms with Crippen molar-refractivity contribution < 1.29 is 18.8 Å². The molecule has 2 rings (SSSR count). The van der Waals surface area contributed by atoms with Gasteiger partial charge in [-0.05, 0) is 26.3 Å². The van der Waals surface area contributed by atoms with Crippen LogP contribution in [-0.4, -0.2) is 21.9 Å². The number of aryl methyl sites for hydroxylation is 1. The van der Waals surface area contributed by atoms with Crippen LogP contribution >= 0.6 is 0 Å². The van der Waals surface area contributed by atoms with Crippen LogP contribution in [0.1, 0.15) is 44.8 Å². The average Bonchev–Trinajstić information content (AvgIpc) is 2.94. The molecule has 0 saturated heterocycles. The summed E-state index contributed by atoms with van der Waals surface area (Å²) in [7, 11) is 0. The maximum Gasteiger partial charge on any atom is 0.355 e. The molecule has 19 heavy (non-hydrogen) atoms. The average molecular weight is 262 g/mol. The summed E-state index contributed by atoms with van der Waals surface area (Å²) in [5, 5.41) is 3.51. The van der Waals surface area contributed by atoms with Gasteiger partial charge in [0.1, 0.15) is 5.69 Å². The Bertz CT molecular complexity index is 611. The van der Waals surface area contributed by atoms with Crippen LogP contribution in [0.2, 0.25) is 0 Å². The second-order valence-corrected chi connectivity index (χ2v) is 4.24. The van der Waals surface area contributed by atoms with Crippen molar-refractivity contribution in [3.63, 3.8) is 0 Å². The van der Waals surface area contributed by atoms with Crippen LogP contribution in [0.15, 0.2) is 16.8 Å². The van der Waals surface area contributed by atoms with Gasteiger partial charge in [-0.15, -0.1) is 0 Å². The lowest BCUT2D eigenvalue weighted by molar-refractivity contribution is 0.0430. The molecule has 0 radical (unpaired) electrons. The van der Waals surface area contributed by atoms with Crippen molar-refractivity contribution >= 4 is 11.8 Å². The Balaban J connectivity index is 2.15. The first-order chi connectivity index (χ1) is 9.00. The summed E-state index contributed by atoms with van der Waals surface area (Å²) >= 11 is 0. The van der Waals surface area contributed by atoms with Gasteiger partial charge in [0.2, 0.25) is 0 Å². The van der Waals surface area contributed by atoms with Gasteiger partial charge in [-0.2, -0.15) is 0 Å². The predicted octanol–water partition coefficient (Wildman–Crippen LogP) is 2.18. The minimum Gasteiger partial charge on any atom is -0.453 e. The maximum absolute atomic E-state index is 11.9. The highest BCUT2D eigenvalue weighted by Crippen LogP contribution is 2.19. The Hall–Kier alpha value is -2.37. The number of Topliss-reactive ketones (excluding diaryl/α,β-unsaturated/α-hetero) is 1. The summed E-state index contributed by atoms with van der Waals surface area (Å²) in [6, 6.07) is 1.61. The number of aromatic amines is 1. The molecule has 0 aliphatic rings. The van der Waals surface area contributed by atoms with Gasteiger partial charge in [-0.1, -0.05) is 5.16 Å². The smallest absolute Gasteiger partial charge is 0.355 e. The number of esters is 1. The first kappa shape index (κ1) is 13.1. The maximum atomic E-state index is 11.9. The molecule has 0 spiro atoms. The lowest BCUT2D eigenvalue weighted by atomic mass is 10.1. The summed E-state index contributed by atoms with van der Waals surface area (Å²) in [5.41, 5.74) is 2.10. The third kappa shape index (κ3) is 2.57. The molecule has 0 aliphatic carbocycles. The number of carbonyl (C=O) groups excluding carboxylic acids is 2. The van der Waals surface area contributed by atoms with Crippen molar-refractivity contribution in [2.24, 2.45) is 0 Å². The fourth-order valence-electron chi connectivity index (χ4n) is 2.01. The molecule has 100 valence electrons. The predicted molar refractivity (Wildman–Crippen MR) is 65.9 cm³/mol. The van der Waals surface area contributed by atoms with Crippen molar-refractivity contribution in [1.29, 1.82) is 0 Å². The summed E-state index contributed by atoms with van der Waals surface area (Å²) in [4.78, 5) is 26.3. The zero-order valence-electron chi connectivity index (χ0n) is 10.9. The summed E-state index contributed by atoms with van der Waals surface area (Å²) < 4.78 is 9.91. The molecule has 0 unspecified atom stereocenters. The number of H-pyrrole nitrogens is 1. The van der Waals surface area contributed by atoms with E-state index in [4.69, 9.17) is 9.26 Å². The minimum atomic E-state index is -0.524. The summed E-state index contributed by atoms with van der Waals surface area (Å²) in [6.07, 6.45) is 1.47. The van der Waals surface area contributed by atoms with E-state index in [0.717, 1.165) is 0 Å². The van der Waals surface area contributed by atoms with Crippen molar-refractivity contribution in [1.82, 2.24) is 10.1 Å². The highest BCUT2D eigenvalue weighted by molar-refractivity contribution is 6.01. The van der Waals surface area contributed by atoms with Gasteiger partial charge in [0.25, 0.3) is 0 Å². The van der Waals surface area contributed by atoms with E-state index < -0.39 is 5.97 Å². The van der Waals surface area contributed by atoms with Crippen LogP contribution in [0, 0.1) is 13.8 Å². The first-order valence-corrected chi connectivity index (χ1v) is 5.77. The van der Waals surface area contributed by atoms with E-state index in [-0.39, 0.29) is 12.4 Å². The second-order valence-electron chi connectivity index (χ2n) is 4.24. The molecule has 0 aliphatic heterocycles. The van der Waals surface area contributed by atoms with E-state index in [2.05, 4.69) is 10.1 Å². The quantitative estimate of drug-likeness (QED) is 0.674. The van der Waals surface area contributed by atoms with Crippen LogP contribution < -0.4 is 0 Å². The van der Waals surface area contributed by atoms with Crippen LogP contribution in [0.25, 0.3) is 0 Å². The number of rotatable bonds is 4. The molecule has 0 fully saturated rings. The van der Waals surface area contributed by atoms with E-state index in [1.54, 1.807) is 19.9 Å². The number of carbonyl (C=O) groups is 2. The molecule has 6 nitrogen and oxygen atoms in total. The van der Waals surface area contributed by atoms with Crippen molar-refractivity contribution in [3.8, 4) is 0 Å². The third-order valence-corrected chi connectivity index (χ3v) is 2.83. The highest BCUT2D eigenvalue weighted by Gasteiger charge is 2.21.